The fourth-order valence-electron chi connectivity index (χ4n) is 1.98. The van der Waals surface area contributed by atoms with E-state index in [-0.39, 0.29) is 22.8 Å². The first-order valence-corrected chi connectivity index (χ1v) is 7.80. The van der Waals surface area contributed by atoms with E-state index in [2.05, 4.69) is 21.2 Å². The fraction of sp³-hybridized carbons (Fsp3) is 0.176. The van der Waals surface area contributed by atoms with Gasteiger partial charge in [0.05, 0.1) is 17.5 Å². The van der Waals surface area contributed by atoms with Gasteiger partial charge < -0.3 is 10.1 Å². The monoisotopic (exact) mass is 379 g/mol. The largest absolute Gasteiger partial charge is 0.466 e. The smallest absolute Gasteiger partial charge is 0.310 e. The summed E-state index contributed by atoms with van der Waals surface area (Å²) in [5.41, 5.74) is 1.62. The zero-order chi connectivity index (χ0) is 16.8. The topological polar surface area (TPSA) is 55.4 Å². The highest BCUT2D eigenvalue weighted by Crippen LogP contribution is 2.18. The standard InChI is InChI=1S/C17H15BrFNO3/c1-2-23-16(21)9-11-4-3-5-13(8-11)20-17(22)12-6-7-15(19)14(18)10-12/h3-8,10H,2,9H2,1H3,(H,20,22). The molecule has 0 spiro atoms. The third kappa shape index (κ3) is 4.89. The zero-order valence-electron chi connectivity index (χ0n) is 12.4. The summed E-state index contributed by atoms with van der Waals surface area (Å²) in [7, 11) is 0. The van der Waals surface area contributed by atoms with Crippen LogP contribution in [0.2, 0.25) is 0 Å². The molecular weight excluding hydrogens is 365 g/mol. The number of esters is 1. The molecular formula is C17H15BrFNO3. The van der Waals surface area contributed by atoms with Gasteiger partial charge in [-0.3, -0.25) is 9.59 Å². The van der Waals surface area contributed by atoms with Crippen LogP contribution in [0.5, 0.6) is 0 Å². The Labute approximate surface area is 141 Å². The van der Waals surface area contributed by atoms with E-state index in [4.69, 9.17) is 4.74 Å². The molecule has 0 heterocycles. The molecule has 1 amide bonds. The molecule has 0 bridgehead atoms. The van der Waals surface area contributed by atoms with E-state index in [1.54, 1.807) is 31.2 Å². The maximum atomic E-state index is 13.2. The summed E-state index contributed by atoms with van der Waals surface area (Å²) in [4.78, 5) is 23.7. The molecule has 0 aliphatic carbocycles. The maximum Gasteiger partial charge on any atom is 0.310 e. The average Bonchev–Trinajstić information content (AvgIpc) is 2.50. The van der Waals surface area contributed by atoms with Gasteiger partial charge in [-0.1, -0.05) is 12.1 Å². The molecule has 0 saturated carbocycles. The number of amides is 1. The number of rotatable bonds is 5. The summed E-state index contributed by atoms with van der Waals surface area (Å²) in [5.74, 6) is -1.12. The SMILES string of the molecule is CCOC(=O)Cc1cccc(NC(=O)c2ccc(F)c(Br)c2)c1. The van der Waals surface area contributed by atoms with Gasteiger partial charge in [0.2, 0.25) is 0 Å². The molecule has 1 N–H and O–H groups in total. The Morgan fingerprint density at radius 3 is 2.70 bits per heavy atom. The van der Waals surface area contributed by atoms with Crippen molar-refractivity contribution < 1.29 is 18.7 Å². The molecule has 0 aromatic heterocycles. The zero-order valence-corrected chi connectivity index (χ0v) is 14.0. The Balaban J connectivity index is 2.08. The normalized spacial score (nSPS) is 10.2. The van der Waals surface area contributed by atoms with Crippen LogP contribution in [0.4, 0.5) is 10.1 Å². The Bertz CT molecular complexity index is 734. The van der Waals surface area contributed by atoms with Crippen molar-refractivity contribution in [1.82, 2.24) is 0 Å². The predicted octanol–water partition coefficient (Wildman–Crippen LogP) is 3.95. The molecule has 0 radical (unpaired) electrons. The van der Waals surface area contributed by atoms with E-state index in [1.165, 1.54) is 18.2 Å². The summed E-state index contributed by atoms with van der Waals surface area (Å²) in [6.07, 6.45) is 0.139. The highest BCUT2D eigenvalue weighted by atomic mass is 79.9. The van der Waals surface area contributed by atoms with Crippen LogP contribution in [0, 0.1) is 5.82 Å². The van der Waals surface area contributed by atoms with Gasteiger partial charge in [-0.2, -0.15) is 0 Å². The molecule has 6 heteroatoms. The second-order valence-electron chi connectivity index (χ2n) is 4.77. The minimum absolute atomic E-state index is 0.139. The van der Waals surface area contributed by atoms with Crippen molar-refractivity contribution in [2.75, 3.05) is 11.9 Å². The molecule has 2 rings (SSSR count). The Morgan fingerprint density at radius 2 is 2.00 bits per heavy atom. The summed E-state index contributed by atoms with van der Waals surface area (Å²) in [6.45, 7) is 2.07. The van der Waals surface area contributed by atoms with Crippen molar-refractivity contribution in [2.24, 2.45) is 0 Å². The first-order valence-electron chi connectivity index (χ1n) is 7.00. The van der Waals surface area contributed by atoms with Crippen LogP contribution in [-0.2, 0) is 16.0 Å². The Hall–Kier alpha value is -2.21. The van der Waals surface area contributed by atoms with Gasteiger partial charge in [0.25, 0.3) is 5.91 Å². The van der Waals surface area contributed by atoms with E-state index in [0.717, 1.165) is 5.56 Å². The van der Waals surface area contributed by atoms with E-state index in [0.29, 0.717) is 17.9 Å². The molecule has 0 fully saturated rings. The lowest BCUT2D eigenvalue weighted by Crippen LogP contribution is -2.13. The molecule has 0 atom stereocenters. The second kappa shape index (κ2) is 7.87. The van der Waals surface area contributed by atoms with E-state index >= 15 is 0 Å². The lowest BCUT2D eigenvalue weighted by Gasteiger charge is -2.08. The number of carbonyl (C=O) groups excluding carboxylic acids is 2. The van der Waals surface area contributed by atoms with Crippen molar-refractivity contribution in [1.29, 1.82) is 0 Å². The molecule has 23 heavy (non-hydrogen) atoms. The average molecular weight is 380 g/mol. The van der Waals surface area contributed by atoms with Crippen molar-refractivity contribution in [3.8, 4) is 0 Å². The van der Waals surface area contributed by atoms with Crippen molar-refractivity contribution in [3.63, 3.8) is 0 Å². The maximum absolute atomic E-state index is 13.2. The van der Waals surface area contributed by atoms with E-state index < -0.39 is 5.82 Å². The fourth-order valence-corrected chi connectivity index (χ4v) is 2.36. The quantitative estimate of drug-likeness (QED) is 0.800. The third-order valence-corrected chi connectivity index (χ3v) is 3.63. The van der Waals surface area contributed by atoms with Gasteiger partial charge in [-0.15, -0.1) is 0 Å². The van der Waals surface area contributed by atoms with Gasteiger partial charge in [-0.25, -0.2) is 4.39 Å². The molecule has 0 saturated heterocycles. The Kier molecular flexibility index (Phi) is 5.87. The number of anilines is 1. The molecule has 0 aliphatic heterocycles. The van der Waals surface area contributed by atoms with Crippen LogP contribution in [-0.4, -0.2) is 18.5 Å². The summed E-state index contributed by atoms with van der Waals surface area (Å²) >= 11 is 3.05. The van der Waals surface area contributed by atoms with Crippen molar-refractivity contribution >= 4 is 33.5 Å². The minimum Gasteiger partial charge on any atom is -0.466 e. The third-order valence-electron chi connectivity index (χ3n) is 3.02. The number of ether oxygens (including phenoxy) is 1. The van der Waals surface area contributed by atoms with E-state index in [9.17, 15) is 14.0 Å². The number of carbonyl (C=O) groups is 2. The van der Waals surface area contributed by atoms with Crippen LogP contribution in [0.25, 0.3) is 0 Å². The predicted molar refractivity (Wildman–Crippen MR) is 88.8 cm³/mol. The summed E-state index contributed by atoms with van der Waals surface area (Å²) in [5, 5.41) is 2.72. The first-order chi connectivity index (χ1) is 11.0. The molecule has 2 aromatic rings. The van der Waals surface area contributed by atoms with Gasteiger partial charge in [0, 0.05) is 11.3 Å². The number of benzene rings is 2. The summed E-state index contributed by atoms with van der Waals surface area (Å²) in [6, 6.07) is 11.0. The number of nitrogens with one attached hydrogen (secondary N) is 1. The highest BCUT2D eigenvalue weighted by molar-refractivity contribution is 9.10. The van der Waals surface area contributed by atoms with Crippen LogP contribution in [0.3, 0.4) is 0 Å². The lowest BCUT2D eigenvalue weighted by atomic mass is 10.1. The van der Waals surface area contributed by atoms with Crippen molar-refractivity contribution in [2.45, 2.75) is 13.3 Å². The molecule has 120 valence electrons. The summed E-state index contributed by atoms with van der Waals surface area (Å²) < 4.78 is 18.3. The van der Waals surface area contributed by atoms with Crippen LogP contribution >= 0.6 is 15.9 Å². The highest BCUT2D eigenvalue weighted by Gasteiger charge is 2.10. The van der Waals surface area contributed by atoms with Crippen LogP contribution in [0.15, 0.2) is 46.9 Å². The minimum atomic E-state index is -0.432. The van der Waals surface area contributed by atoms with Gasteiger partial charge in [-0.05, 0) is 58.7 Å². The van der Waals surface area contributed by atoms with Crippen molar-refractivity contribution in [3.05, 3.63) is 63.9 Å². The van der Waals surface area contributed by atoms with Crippen LogP contribution < -0.4 is 5.32 Å². The molecule has 2 aromatic carbocycles. The van der Waals surface area contributed by atoms with E-state index in [1.807, 2.05) is 0 Å². The Morgan fingerprint density at radius 1 is 1.22 bits per heavy atom. The number of hydrogen-bond donors (Lipinski definition) is 1. The van der Waals surface area contributed by atoms with Crippen LogP contribution in [0.1, 0.15) is 22.8 Å². The number of hydrogen-bond acceptors (Lipinski definition) is 3. The van der Waals surface area contributed by atoms with Gasteiger partial charge >= 0.3 is 5.97 Å². The molecule has 4 nitrogen and oxygen atoms in total. The first kappa shape index (κ1) is 17.1. The second-order valence-corrected chi connectivity index (χ2v) is 5.62. The number of halogens is 2. The van der Waals surface area contributed by atoms with Gasteiger partial charge in [0.15, 0.2) is 0 Å². The molecule has 0 aliphatic rings. The lowest BCUT2D eigenvalue weighted by molar-refractivity contribution is -0.142. The van der Waals surface area contributed by atoms with Gasteiger partial charge in [0.1, 0.15) is 5.82 Å². The molecule has 0 unspecified atom stereocenters.